The molecule has 0 aliphatic heterocycles. The van der Waals surface area contributed by atoms with E-state index in [1.165, 1.54) is 7.11 Å². The number of carbonyl (C=O) groups is 1. The van der Waals surface area contributed by atoms with Crippen LogP contribution in [0.25, 0.3) is 0 Å². The van der Waals surface area contributed by atoms with Crippen LogP contribution < -0.4 is 10.6 Å². The van der Waals surface area contributed by atoms with Crippen molar-refractivity contribution in [2.45, 2.75) is 13.0 Å². The minimum atomic E-state index is -0.413. The fourth-order valence-corrected chi connectivity index (χ4v) is 2.23. The van der Waals surface area contributed by atoms with Crippen LogP contribution in [0.3, 0.4) is 0 Å². The summed E-state index contributed by atoms with van der Waals surface area (Å²) in [4.78, 5) is 14.0. The van der Waals surface area contributed by atoms with Crippen molar-refractivity contribution >= 4 is 17.3 Å². The van der Waals surface area contributed by atoms with Gasteiger partial charge in [0, 0.05) is 26.8 Å². The molecule has 1 unspecified atom stereocenters. The number of esters is 1. The average molecular weight is 296 g/mol. The lowest BCUT2D eigenvalue weighted by Gasteiger charge is -2.33. The predicted octanol–water partition coefficient (Wildman–Crippen LogP) is 1.54. The smallest absolute Gasteiger partial charge is 0.340 e. The fraction of sp³-hybridized carbons (Fsp3) is 0.533. The van der Waals surface area contributed by atoms with Crippen LogP contribution in [0.2, 0.25) is 0 Å². The minimum Gasteiger partial charge on any atom is -0.465 e. The molecule has 118 valence electrons. The Hall–Kier alpha value is -1.79. The number of para-hydroxylation sites is 1. The summed E-state index contributed by atoms with van der Waals surface area (Å²) in [5, 5.41) is 0. The van der Waals surface area contributed by atoms with Crippen molar-refractivity contribution in [3.05, 3.63) is 23.8 Å². The van der Waals surface area contributed by atoms with Gasteiger partial charge in [-0.3, -0.25) is 0 Å². The first-order valence-corrected chi connectivity index (χ1v) is 6.78. The Balaban J connectivity index is 3.24. The van der Waals surface area contributed by atoms with E-state index in [9.17, 15) is 4.79 Å². The zero-order chi connectivity index (χ0) is 15.8. The van der Waals surface area contributed by atoms with Crippen LogP contribution in [0.4, 0.5) is 11.4 Å². The topological polar surface area (TPSA) is 74.0 Å². The standard InChI is InChI=1S/C15H24N2O4/c1-11(10-20-3)17(8-9-19-2)14-12(15(18)21-4)6-5-7-13(14)16/h5-7,11H,8-10,16H2,1-4H3. The molecule has 0 bridgehead atoms. The molecule has 0 heterocycles. The number of rotatable bonds is 8. The van der Waals surface area contributed by atoms with E-state index < -0.39 is 5.97 Å². The third-order valence-corrected chi connectivity index (χ3v) is 3.24. The van der Waals surface area contributed by atoms with Crippen LogP contribution in [-0.4, -0.2) is 53.1 Å². The number of ether oxygens (including phenoxy) is 3. The molecule has 1 atom stereocenters. The van der Waals surface area contributed by atoms with E-state index in [0.717, 1.165) is 0 Å². The van der Waals surface area contributed by atoms with E-state index in [1.54, 1.807) is 32.4 Å². The zero-order valence-electron chi connectivity index (χ0n) is 13.1. The van der Waals surface area contributed by atoms with Gasteiger partial charge in [-0.15, -0.1) is 0 Å². The summed E-state index contributed by atoms with van der Waals surface area (Å²) in [7, 11) is 4.63. The normalized spacial score (nSPS) is 12.0. The van der Waals surface area contributed by atoms with E-state index in [4.69, 9.17) is 19.9 Å². The molecule has 0 radical (unpaired) electrons. The highest BCUT2D eigenvalue weighted by molar-refractivity contribution is 5.99. The molecule has 0 aliphatic carbocycles. The van der Waals surface area contributed by atoms with Crippen molar-refractivity contribution in [2.24, 2.45) is 0 Å². The van der Waals surface area contributed by atoms with Gasteiger partial charge in [-0.1, -0.05) is 6.07 Å². The number of nitrogens with zero attached hydrogens (tertiary/aromatic N) is 1. The van der Waals surface area contributed by atoms with Crippen molar-refractivity contribution in [3.63, 3.8) is 0 Å². The van der Waals surface area contributed by atoms with E-state index in [2.05, 4.69) is 0 Å². The second-order valence-electron chi connectivity index (χ2n) is 4.73. The lowest BCUT2D eigenvalue weighted by Crippen LogP contribution is -2.40. The summed E-state index contributed by atoms with van der Waals surface area (Å²) < 4.78 is 15.2. The maximum Gasteiger partial charge on any atom is 0.340 e. The molecular formula is C15H24N2O4. The number of hydrogen-bond acceptors (Lipinski definition) is 6. The summed E-state index contributed by atoms with van der Waals surface area (Å²) in [6.45, 7) is 3.63. The van der Waals surface area contributed by atoms with Crippen molar-refractivity contribution in [1.82, 2.24) is 0 Å². The monoisotopic (exact) mass is 296 g/mol. The lowest BCUT2D eigenvalue weighted by molar-refractivity contribution is 0.0601. The summed E-state index contributed by atoms with van der Waals surface area (Å²) in [5.41, 5.74) is 7.71. The summed E-state index contributed by atoms with van der Waals surface area (Å²) in [5.74, 6) is -0.413. The van der Waals surface area contributed by atoms with Gasteiger partial charge in [0.25, 0.3) is 0 Å². The molecule has 0 fully saturated rings. The van der Waals surface area contributed by atoms with Crippen molar-refractivity contribution in [2.75, 3.05) is 51.7 Å². The highest BCUT2D eigenvalue weighted by Gasteiger charge is 2.23. The van der Waals surface area contributed by atoms with Crippen LogP contribution in [0.1, 0.15) is 17.3 Å². The van der Waals surface area contributed by atoms with Gasteiger partial charge in [-0.05, 0) is 19.1 Å². The van der Waals surface area contributed by atoms with Gasteiger partial charge in [0.1, 0.15) is 0 Å². The number of hydrogen-bond donors (Lipinski definition) is 1. The molecule has 21 heavy (non-hydrogen) atoms. The van der Waals surface area contributed by atoms with Gasteiger partial charge in [-0.2, -0.15) is 0 Å². The number of methoxy groups -OCH3 is 3. The van der Waals surface area contributed by atoms with E-state index in [-0.39, 0.29) is 6.04 Å². The Morgan fingerprint density at radius 2 is 2.00 bits per heavy atom. The number of anilines is 2. The Morgan fingerprint density at radius 3 is 2.57 bits per heavy atom. The fourth-order valence-electron chi connectivity index (χ4n) is 2.23. The van der Waals surface area contributed by atoms with Gasteiger partial charge in [-0.25, -0.2) is 4.79 Å². The van der Waals surface area contributed by atoms with Gasteiger partial charge < -0.3 is 24.8 Å². The molecule has 2 N–H and O–H groups in total. The van der Waals surface area contributed by atoms with Crippen LogP contribution in [0.5, 0.6) is 0 Å². The van der Waals surface area contributed by atoms with Crippen molar-refractivity contribution < 1.29 is 19.0 Å². The molecule has 6 nitrogen and oxygen atoms in total. The number of carbonyl (C=O) groups excluding carboxylic acids is 1. The highest BCUT2D eigenvalue weighted by Crippen LogP contribution is 2.30. The first kappa shape index (κ1) is 17.3. The van der Waals surface area contributed by atoms with Crippen LogP contribution in [-0.2, 0) is 14.2 Å². The maximum absolute atomic E-state index is 12.0. The third kappa shape index (κ3) is 4.34. The van der Waals surface area contributed by atoms with Crippen molar-refractivity contribution in [1.29, 1.82) is 0 Å². The number of nitrogens with two attached hydrogens (primary N) is 1. The Morgan fingerprint density at radius 1 is 1.29 bits per heavy atom. The molecule has 1 rings (SSSR count). The zero-order valence-corrected chi connectivity index (χ0v) is 13.1. The van der Waals surface area contributed by atoms with Crippen LogP contribution in [0.15, 0.2) is 18.2 Å². The minimum absolute atomic E-state index is 0.0401. The average Bonchev–Trinajstić information content (AvgIpc) is 2.48. The first-order chi connectivity index (χ1) is 10.1. The molecule has 0 aromatic heterocycles. The van der Waals surface area contributed by atoms with E-state index in [0.29, 0.717) is 36.7 Å². The highest BCUT2D eigenvalue weighted by atomic mass is 16.5. The van der Waals surface area contributed by atoms with Gasteiger partial charge in [0.15, 0.2) is 0 Å². The second kappa shape index (κ2) is 8.49. The summed E-state index contributed by atoms with van der Waals surface area (Å²) in [6, 6.07) is 5.25. The summed E-state index contributed by atoms with van der Waals surface area (Å²) in [6.07, 6.45) is 0. The largest absolute Gasteiger partial charge is 0.465 e. The third-order valence-electron chi connectivity index (χ3n) is 3.24. The molecule has 0 saturated heterocycles. The first-order valence-electron chi connectivity index (χ1n) is 6.78. The summed E-state index contributed by atoms with van der Waals surface area (Å²) >= 11 is 0. The SMILES string of the molecule is COCCN(c1c(N)cccc1C(=O)OC)C(C)COC. The quantitative estimate of drug-likeness (QED) is 0.579. The molecule has 0 spiro atoms. The molecule has 1 aromatic carbocycles. The van der Waals surface area contributed by atoms with Gasteiger partial charge >= 0.3 is 5.97 Å². The van der Waals surface area contributed by atoms with Crippen LogP contribution in [0, 0.1) is 0 Å². The Kier molecular flexibility index (Phi) is 6.98. The molecule has 0 amide bonds. The van der Waals surface area contributed by atoms with Gasteiger partial charge in [0.2, 0.25) is 0 Å². The number of nitrogen functional groups attached to an aromatic ring is 1. The molecular weight excluding hydrogens is 272 g/mol. The molecule has 0 aliphatic rings. The Bertz CT molecular complexity index is 465. The van der Waals surface area contributed by atoms with Crippen molar-refractivity contribution in [3.8, 4) is 0 Å². The molecule has 1 aromatic rings. The molecule has 6 heteroatoms. The predicted molar refractivity (Wildman–Crippen MR) is 82.8 cm³/mol. The van der Waals surface area contributed by atoms with E-state index in [1.807, 2.05) is 11.8 Å². The number of benzene rings is 1. The maximum atomic E-state index is 12.0. The van der Waals surface area contributed by atoms with E-state index >= 15 is 0 Å². The second-order valence-corrected chi connectivity index (χ2v) is 4.73. The lowest BCUT2D eigenvalue weighted by atomic mass is 10.1. The molecule has 0 saturated carbocycles. The Labute approximate surface area is 125 Å². The van der Waals surface area contributed by atoms with Gasteiger partial charge in [0.05, 0.1) is 37.3 Å². The van der Waals surface area contributed by atoms with Crippen LogP contribution >= 0.6 is 0 Å².